The Morgan fingerprint density at radius 2 is 1.97 bits per heavy atom. The number of thioether (sulfide) groups is 1. The van der Waals surface area contributed by atoms with Crippen molar-refractivity contribution in [2.45, 2.75) is 24.9 Å². The molecule has 2 fully saturated rings. The minimum Gasteiger partial charge on any atom is -0.312 e. The second-order valence-electron chi connectivity index (χ2n) is 8.21. The highest BCUT2D eigenvalue weighted by Gasteiger charge is 2.44. The van der Waals surface area contributed by atoms with Crippen LogP contribution in [-0.2, 0) is 17.5 Å². The van der Waals surface area contributed by atoms with Crippen molar-refractivity contribution in [1.82, 2.24) is 20.0 Å². The maximum Gasteiger partial charge on any atom is 0.416 e. The Kier molecular flexibility index (Phi) is 6.10. The molecule has 1 aromatic heterocycles. The van der Waals surface area contributed by atoms with Crippen LogP contribution >= 0.6 is 23.4 Å². The van der Waals surface area contributed by atoms with Crippen molar-refractivity contribution in [1.29, 1.82) is 0 Å². The molecule has 0 aliphatic carbocycles. The third-order valence-corrected chi connectivity index (χ3v) is 7.05. The van der Waals surface area contributed by atoms with Crippen molar-refractivity contribution in [2.75, 3.05) is 13.1 Å². The molecule has 3 aromatic rings. The third kappa shape index (κ3) is 4.55. The summed E-state index contributed by atoms with van der Waals surface area (Å²) in [5.41, 5.74) is 0.396. The number of nitrogens with one attached hydrogen (secondary N) is 1. The molecule has 2 aromatic carbocycles. The smallest absolute Gasteiger partial charge is 0.312 e. The number of nitrogens with zero attached hydrogens (tertiary/aromatic N) is 3. The molecular weight excluding hydrogens is 508 g/mol. The van der Waals surface area contributed by atoms with Gasteiger partial charge in [-0.1, -0.05) is 23.7 Å². The van der Waals surface area contributed by atoms with Crippen molar-refractivity contribution in [3.05, 3.63) is 69.2 Å². The molecule has 5 rings (SSSR count). The van der Waals surface area contributed by atoms with Gasteiger partial charge in [-0.2, -0.15) is 18.3 Å². The number of carbonyl (C=O) groups is 2. The maximum atomic E-state index is 14.1. The molecule has 12 heteroatoms. The zero-order chi connectivity index (χ0) is 24.9. The summed E-state index contributed by atoms with van der Waals surface area (Å²) < 4.78 is 55.9. The largest absolute Gasteiger partial charge is 0.416 e. The van der Waals surface area contributed by atoms with Gasteiger partial charge >= 0.3 is 6.18 Å². The monoisotopic (exact) mass is 524 g/mol. The minimum absolute atomic E-state index is 0.00770. The summed E-state index contributed by atoms with van der Waals surface area (Å²) in [6.07, 6.45) is -2.82. The highest BCUT2D eigenvalue weighted by atomic mass is 35.5. The first-order valence-corrected chi connectivity index (χ1v) is 11.7. The van der Waals surface area contributed by atoms with Crippen LogP contribution in [0.3, 0.4) is 0 Å². The molecule has 0 bridgehead atoms. The molecule has 2 saturated heterocycles. The molecule has 0 radical (unpaired) electrons. The average Bonchev–Trinajstić information content (AvgIpc) is 3.46. The van der Waals surface area contributed by atoms with Gasteiger partial charge in [-0.25, -0.2) is 4.39 Å². The quantitative estimate of drug-likeness (QED) is 0.380. The fourth-order valence-corrected chi connectivity index (χ4v) is 5.29. The van der Waals surface area contributed by atoms with E-state index < -0.39 is 35.1 Å². The number of benzene rings is 2. The number of fused-ring (bicyclic) bond motifs is 1. The molecule has 1 N–H and O–H groups in total. The predicted molar refractivity (Wildman–Crippen MR) is 125 cm³/mol. The molecule has 3 heterocycles. The second-order valence-corrected chi connectivity index (χ2v) is 9.64. The number of aromatic nitrogens is 2. The van der Waals surface area contributed by atoms with E-state index in [1.54, 1.807) is 18.2 Å². The summed E-state index contributed by atoms with van der Waals surface area (Å²) in [5, 5.41) is 7.17. The van der Waals surface area contributed by atoms with Crippen LogP contribution < -0.4 is 5.32 Å². The molecule has 2 aliphatic rings. The number of alkyl halides is 4. The van der Waals surface area contributed by atoms with Gasteiger partial charge in [-0.3, -0.25) is 19.2 Å². The highest BCUT2D eigenvalue weighted by Crippen LogP contribution is 2.36. The van der Waals surface area contributed by atoms with Crippen LogP contribution in [0.15, 0.2) is 47.5 Å². The van der Waals surface area contributed by atoms with Crippen molar-refractivity contribution in [3.8, 4) is 0 Å². The van der Waals surface area contributed by atoms with Crippen molar-refractivity contribution < 1.29 is 27.2 Å². The third-order valence-electron chi connectivity index (χ3n) is 5.93. The Balaban J connectivity index is 1.41. The number of halogens is 5. The van der Waals surface area contributed by atoms with E-state index in [1.807, 2.05) is 0 Å². The van der Waals surface area contributed by atoms with E-state index in [4.69, 9.17) is 11.6 Å². The van der Waals surface area contributed by atoms with Gasteiger partial charge in [0.25, 0.3) is 11.1 Å². The molecule has 6 nitrogen and oxygen atoms in total. The van der Waals surface area contributed by atoms with Crippen LogP contribution in [-0.4, -0.2) is 51.1 Å². The number of imide groups is 1. The summed E-state index contributed by atoms with van der Waals surface area (Å²) in [5.74, 6) is -0.547. The summed E-state index contributed by atoms with van der Waals surface area (Å²) >= 11 is 6.51. The molecule has 2 unspecified atom stereocenters. The maximum absolute atomic E-state index is 14.1. The van der Waals surface area contributed by atoms with Gasteiger partial charge in [-0.15, -0.1) is 0 Å². The Morgan fingerprint density at radius 3 is 2.69 bits per heavy atom. The number of rotatable bonds is 4. The molecule has 2 amide bonds. The van der Waals surface area contributed by atoms with E-state index in [2.05, 4.69) is 10.4 Å². The normalized spacial score (nSPS) is 22.2. The van der Waals surface area contributed by atoms with Gasteiger partial charge in [0.15, 0.2) is 0 Å². The molecule has 182 valence electrons. The fourth-order valence-electron chi connectivity index (χ4n) is 4.24. The molecular formula is C23H17ClF4N4O2S. The van der Waals surface area contributed by atoms with Gasteiger partial charge < -0.3 is 5.32 Å². The van der Waals surface area contributed by atoms with Gasteiger partial charge in [0.2, 0.25) is 0 Å². The zero-order valence-corrected chi connectivity index (χ0v) is 19.4. The first-order valence-electron chi connectivity index (χ1n) is 10.5. The van der Waals surface area contributed by atoms with Crippen molar-refractivity contribution in [2.24, 2.45) is 0 Å². The van der Waals surface area contributed by atoms with Crippen LogP contribution in [0.1, 0.15) is 16.7 Å². The topological polar surface area (TPSA) is 67.2 Å². The molecule has 0 spiro atoms. The van der Waals surface area contributed by atoms with E-state index in [0.29, 0.717) is 16.5 Å². The summed E-state index contributed by atoms with van der Waals surface area (Å²) in [7, 11) is 0. The summed E-state index contributed by atoms with van der Waals surface area (Å²) in [4.78, 5) is 26.3. The number of hydrogen-bond acceptors (Lipinski definition) is 5. The molecule has 35 heavy (non-hydrogen) atoms. The van der Waals surface area contributed by atoms with Crippen LogP contribution in [0.2, 0.25) is 5.02 Å². The Labute approximate surface area is 205 Å². The van der Waals surface area contributed by atoms with E-state index in [0.717, 1.165) is 22.7 Å². The highest BCUT2D eigenvalue weighted by molar-refractivity contribution is 8.18. The Bertz CT molecular complexity index is 1370. The van der Waals surface area contributed by atoms with Crippen LogP contribution in [0.4, 0.5) is 22.4 Å². The van der Waals surface area contributed by atoms with E-state index >= 15 is 0 Å². The lowest BCUT2D eigenvalue weighted by Gasteiger charge is -2.21. The minimum atomic E-state index is -4.56. The van der Waals surface area contributed by atoms with Gasteiger partial charge in [-0.05, 0) is 53.2 Å². The second kappa shape index (κ2) is 8.96. The van der Waals surface area contributed by atoms with E-state index in [-0.39, 0.29) is 35.1 Å². The lowest BCUT2D eigenvalue weighted by molar-refractivity contribution is -0.138. The van der Waals surface area contributed by atoms with Crippen molar-refractivity contribution in [3.63, 3.8) is 0 Å². The first kappa shape index (κ1) is 23.8. The molecule has 2 aliphatic heterocycles. The molecule has 0 saturated carbocycles. The summed E-state index contributed by atoms with van der Waals surface area (Å²) in [6.45, 7) is 0.182. The predicted octanol–water partition coefficient (Wildman–Crippen LogP) is 5.10. The van der Waals surface area contributed by atoms with E-state index in [1.165, 1.54) is 29.1 Å². The Morgan fingerprint density at radius 1 is 1.17 bits per heavy atom. The van der Waals surface area contributed by atoms with Crippen molar-refractivity contribution >= 4 is 51.5 Å². The SMILES string of the molecule is O=C1SC(=Cc2ccc3c(cnn3Cc3ccc(Cl)cc3C(F)(F)F)c2)C(=O)N1C1CNCC1F. The first-order chi connectivity index (χ1) is 16.6. The van der Waals surface area contributed by atoms with Gasteiger partial charge in [0.05, 0.1) is 34.8 Å². The lowest BCUT2D eigenvalue weighted by Crippen LogP contribution is -2.44. The van der Waals surface area contributed by atoms with Crippen LogP contribution in [0.25, 0.3) is 17.0 Å². The zero-order valence-electron chi connectivity index (χ0n) is 17.9. The number of carbonyl (C=O) groups excluding carboxylic acids is 2. The molecule has 2 atom stereocenters. The Hall–Kier alpha value is -2.89. The number of hydrogen-bond donors (Lipinski definition) is 1. The van der Waals surface area contributed by atoms with Crippen LogP contribution in [0, 0.1) is 0 Å². The van der Waals surface area contributed by atoms with Gasteiger partial charge in [0, 0.05) is 23.5 Å². The van der Waals surface area contributed by atoms with Crippen LogP contribution in [0.5, 0.6) is 0 Å². The van der Waals surface area contributed by atoms with E-state index in [9.17, 15) is 27.2 Å². The lowest BCUT2D eigenvalue weighted by atomic mass is 10.1. The number of amides is 2. The van der Waals surface area contributed by atoms with Gasteiger partial charge in [0.1, 0.15) is 6.17 Å². The standard InChI is InChI=1S/C23H17ClF4N4O2S/c24-15-3-2-13(16(7-15)23(26,27)28)11-31-18-4-1-12(5-14(18)8-30-31)6-20-21(33)32(22(34)35-20)19-10-29-9-17(19)25/h1-8,17,19,29H,9-11H2. The average molecular weight is 525 g/mol. The summed E-state index contributed by atoms with van der Waals surface area (Å²) in [6, 6.07) is 7.86. The fraction of sp³-hybridized carbons (Fsp3) is 0.261.